The number of nitrogens with two attached hydrogens (primary N) is 1. The summed E-state index contributed by atoms with van der Waals surface area (Å²) in [7, 11) is 1.52. The van der Waals surface area contributed by atoms with Crippen molar-refractivity contribution in [3.05, 3.63) is 34.3 Å². The highest BCUT2D eigenvalue weighted by Crippen LogP contribution is 2.35. The first-order valence-corrected chi connectivity index (χ1v) is 7.02. The maximum absolute atomic E-state index is 12.9. The van der Waals surface area contributed by atoms with Gasteiger partial charge in [-0.3, -0.25) is 9.69 Å². The number of rotatable bonds is 4. The van der Waals surface area contributed by atoms with Gasteiger partial charge in [0.2, 0.25) is 5.91 Å². The third-order valence-electron chi connectivity index (χ3n) is 3.75. The molecule has 0 saturated carbocycles. The van der Waals surface area contributed by atoms with Crippen LogP contribution in [-0.4, -0.2) is 36.6 Å². The molecular formula is C14H16ClF3N2O2. The van der Waals surface area contributed by atoms with Crippen molar-refractivity contribution < 1.29 is 22.7 Å². The standard InChI is InChI=1S/C14H16ClF3N2O2/c1-22-9-5-12(13(19)21)20(7-9)6-8-2-3-11(15)10(4-8)14(16,17)18/h2-4,9,12H,5-7H2,1H3,(H2,19,21)/t9-,12-/m0/s1. The molecular weight excluding hydrogens is 321 g/mol. The maximum atomic E-state index is 12.9. The van der Waals surface area contributed by atoms with E-state index in [4.69, 9.17) is 22.1 Å². The van der Waals surface area contributed by atoms with Crippen molar-refractivity contribution in [2.24, 2.45) is 5.73 Å². The number of alkyl halides is 3. The average molecular weight is 337 g/mol. The van der Waals surface area contributed by atoms with Crippen molar-refractivity contribution in [2.75, 3.05) is 13.7 Å². The summed E-state index contributed by atoms with van der Waals surface area (Å²) in [6.07, 6.45) is -4.24. The second kappa shape index (κ2) is 6.44. The summed E-state index contributed by atoms with van der Waals surface area (Å²) in [6, 6.07) is 3.18. The minimum atomic E-state index is -4.52. The topological polar surface area (TPSA) is 55.6 Å². The van der Waals surface area contributed by atoms with Crippen molar-refractivity contribution in [3.8, 4) is 0 Å². The van der Waals surface area contributed by atoms with Gasteiger partial charge in [0, 0.05) is 20.2 Å². The largest absolute Gasteiger partial charge is 0.417 e. The van der Waals surface area contributed by atoms with Gasteiger partial charge in [-0.15, -0.1) is 0 Å². The molecule has 0 radical (unpaired) electrons. The Morgan fingerprint density at radius 1 is 1.50 bits per heavy atom. The van der Waals surface area contributed by atoms with Crippen LogP contribution in [-0.2, 0) is 22.3 Å². The molecule has 1 aromatic carbocycles. The van der Waals surface area contributed by atoms with Gasteiger partial charge in [-0.2, -0.15) is 13.2 Å². The minimum Gasteiger partial charge on any atom is -0.380 e. The van der Waals surface area contributed by atoms with Crippen LogP contribution in [0.1, 0.15) is 17.5 Å². The number of carbonyl (C=O) groups excluding carboxylic acids is 1. The molecule has 1 aliphatic heterocycles. The van der Waals surface area contributed by atoms with Crippen LogP contribution in [0.2, 0.25) is 5.02 Å². The molecule has 8 heteroatoms. The Kier molecular flexibility index (Phi) is 4.99. The highest BCUT2D eigenvalue weighted by atomic mass is 35.5. The van der Waals surface area contributed by atoms with Crippen molar-refractivity contribution in [1.82, 2.24) is 4.90 Å². The number of carbonyl (C=O) groups is 1. The SMILES string of the molecule is CO[C@H]1C[C@@H](C(N)=O)N(Cc2ccc(Cl)c(C(F)(F)F)c2)C1. The van der Waals surface area contributed by atoms with Crippen LogP contribution < -0.4 is 5.73 Å². The van der Waals surface area contributed by atoms with Crippen molar-refractivity contribution in [1.29, 1.82) is 0 Å². The third-order valence-corrected chi connectivity index (χ3v) is 4.08. The number of hydrogen-bond donors (Lipinski definition) is 1. The summed E-state index contributed by atoms with van der Waals surface area (Å²) in [5.41, 5.74) is 4.88. The molecule has 0 unspecified atom stereocenters. The highest BCUT2D eigenvalue weighted by Gasteiger charge is 2.37. The highest BCUT2D eigenvalue weighted by molar-refractivity contribution is 6.31. The first-order valence-electron chi connectivity index (χ1n) is 6.64. The van der Waals surface area contributed by atoms with Gasteiger partial charge in [0.25, 0.3) is 0 Å². The second-order valence-electron chi connectivity index (χ2n) is 5.25. The lowest BCUT2D eigenvalue weighted by Gasteiger charge is -2.22. The average Bonchev–Trinajstić information content (AvgIpc) is 2.83. The van der Waals surface area contributed by atoms with E-state index in [1.54, 1.807) is 4.90 Å². The normalized spacial score (nSPS) is 23.0. The quantitative estimate of drug-likeness (QED) is 0.918. The third kappa shape index (κ3) is 3.71. The zero-order valence-electron chi connectivity index (χ0n) is 11.9. The van der Waals surface area contributed by atoms with Gasteiger partial charge < -0.3 is 10.5 Å². The zero-order chi connectivity index (χ0) is 16.5. The number of amides is 1. The molecule has 1 aromatic rings. The summed E-state index contributed by atoms with van der Waals surface area (Å²) in [5, 5.41) is -0.348. The van der Waals surface area contributed by atoms with Gasteiger partial charge in [-0.1, -0.05) is 17.7 Å². The summed E-state index contributed by atoms with van der Waals surface area (Å²) in [4.78, 5) is 13.2. The smallest absolute Gasteiger partial charge is 0.380 e. The zero-order valence-corrected chi connectivity index (χ0v) is 12.6. The van der Waals surface area contributed by atoms with Gasteiger partial charge in [0.15, 0.2) is 0 Å². The number of benzene rings is 1. The molecule has 4 nitrogen and oxygen atoms in total. The number of ether oxygens (including phenoxy) is 1. The lowest BCUT2D eigenvalue weighted by Crippen LogP contribution is -2.39. The fraction of sp³-hybridized carbons (Fsp3) is 0.500. The molecule has 122 valence electrons. The lowest BCUT2D eigenvalue weighted by atomic mass is 10.1. The van der Waals surface area contributed by atoms with Crippen molar-refractivity contribution in [2.45, 2.75) is 31.3 Å². The fourth-order valence-electron chi connectivity index (χ4n) is 2.63. The molecule has 0 aromatic heterocycles. The number of halogens is 4. The van der Waals surface area contributed by atoms with E-state index in [0.717, 1.165) is 6.07 Å². The van der Waals surface area contributed by atoms with E-state index < -0.39 is 23.7 Å². The van der Waals surface area contributed by atoms with Crippen molar-refractivity contribution >= 4 is 17.5 Å². The van der Waals surface area contributed by atoms with Crippen LogP contribution in [0.4, 0.5) is 13.2 Å². The van der Waals surface area contributed by atoms with E-state index in [0.29, 0.717) is 18.5 Å². The number of primary amides is 1. The predicted molar refractivity (Wildman–Crippen MR) is 75.3 cm³/mol. The number of likely N-dealkylation sites (tertiary alicyclic amines) is 1. The van der Waals surface area contributed by atoms with Gasteiger partial charge in [-0.25, -0.2) is 0 Å². The van der Waals surface area contributed by atoms with E-state index >= 15 is 0 Å². The molecule has 1 saturated heterocycles. The molecule has 1 amide bonds. The molecule has 2 N–H and O–H groups in total. The molecule has 1 heterocycles. The molecule has 0 bridgehead atoms. The second-order valence-corrected chi connectivity index (χ2v) is 5.66. The molecule has 1 aliphatic rings. The van der Waals surface area contributed by atoms with Crippen LogP contribution in [0.15, 0.2) is 18.2 Å². The molecule has 22 heavy (non-hydrogen) atoms. The van der Waals surface area contributed by atoms with E-state index in [2.05, 4.69) is 0 Å². The number of nitrogens with zero attached hydrogens (tertiary/aromatic N) is 1. The van der Waals surface area contributed by atoms with Crippen LogP contribution in [0.5, 0.6) is 0 Å². The van der Waals surface area contributed by atoms with Crippen LogP contribution in [0.25, 0.3) is 0 Å². The Hall–Kier alpha value is -1.31. The fourth-order valence-corrected chi connectivity index (χ4v) is 2.85. The molecule has 1 fully saturated rings. The van der Waals surface area contributed by atoms with E-state index in [-0.39, 0.29) is 17.7 Å². The van der Waals surface area contributed by atoms with Crippen LogP contribution in [0.3, 0.4) is 0 Å². The lowest BCUT2D eigenvalue weighted by molar-refractivity contribution is -0.137. The van der Waals surface area contributed by atoms with E-state index in [1.165, 1.54) is 19.2 Å². The van der Waals surface area contributed by atoms with Crippen LogP contribution in [0, 0.1) is 0 Å². The van der Waals surface area contributed by atoms with Gasteiger partial charge in [-0.05, 0) is 24.1 Å². The summed E-state index contributed by atoms with van der Waals surface area (Å²) in [5.74, 6) is -0.510. The Labute approximate surface area is 131 Å². The molecule has 0 aliphatic carbocycles. The first kappa shape index (κ1) is 17.1. The molecule has 2 rings (SSSR count). The minimum absolute atomic E-state index is 0.160. The van der Waals surface area contributed by atoms with E-state index in [1.807, 2.05) is 0 Å². The molecule has 0 spiro atoms. The number of hydrogen-bond acceptors (Lipinski definition) is 3. The van der Waals surface area contributed by atoms with E-state index in [9.17, 15) is 18.0 Å². The van der Waals surface area contributed by atoms with Gasteiger partial charge >= 0.3 is 6.18 Å². The van der Waals surface area contributed by atoms with Gasteiger partial charge in [0.05, 0.1) is 22.7 Å². The summed E-state index contributed by atoms with van der Waals surface area (Å²) < 4.78 is 43.8. The van der Waals surface area contributed by atoms with Gasteiger partial charge in [0.1, 0.15) is 0 Å². The number of methoxy groups -OCH3 is 1. The predicted octanol–water partition coefficient (Wildman–Crippen LogP) is 2.43. The summed E-state index contributed by atoms with van der Waals surface area (Å²) >= 11 is 5.59. The monoisotopic (exact) mass is 336 g/mol. The Morgan fingerprint density at radius 3 is 2.73 bits per heavy atom. The van der Waals surface area contributed by atoms with Crippen molar-refractivity contribution in [3.63, 3.8) is 0 Å². The van der Waals surface area contributed by atoms with Crippen LogP contribution >= 0.6 is 11.6 Å². The Bertz CT molecular complexity index is 566. The first-order chi connectivity index (χ1) is 10.2. The summed E-state index contributed by atoms with van der Waals surface area (Å²) in [6.45, 7) is 0.613. The Morgan fingerprint density at radius 2 is 2.18 bits per heavy atom. The maximum Gasteiger partial charge on any atom is 0.417 e. The molecule has 2 atom stereocenters. The Balaban J connectivity index is 2.21.